The maximum Gasteiger partial charge on any atom is 0.319 e. The van der Waals surface area contributed by atoms with Crippen LogP contribution in [0.5, 0.6) is 0 Å². The fourth-order valence-corrected chi connectivity index (χ4v) is 1.70. The highest BCUT2D eigenvalue weighted by Gasteiger charge is 2.03. The molecular weight excluding hydrogens is 266 g/mol. The molecule has 0 spiro atoms. The summed E-state index contributed by atoms with van der Waals surface area (Å²) in [5.41, 5.74) is 1.79. The second-order valence-corrected chi connectivity index (χ2v) is 4.89. The maximum absolute atomic E-state index is 11.5. The molecule has 2 rings (SSSR count). The molecule has 0 saturated heterocycles. The summed E-state index contributed by atoms with van der Waals surface area (Å²) < 4.78 is 0. The number of anilines is 2. The number of nitrogens with one attached hydrogen (secondary N) is 3. The van der Waals surface area contributed by atoms with Crippen LogP contribution in [-0.2, 0) is 6.54 Å². The minimum atomic E-state index is -0.232. The third-order valence-electron chi connectivity index (χ3n) is 2.66. The summed E-state index contributed by atoms with van der Waals surface area (Å²) in [5.74, 6) is 0.752. The number of carbonyl (C=O) groups is 1. The first-order valence-electron chi connectivity index (χ1n) is 6.80. The number of rotatable bonds is 5. The minimum absolute atomic E-state index is 0.0965. The van der Waals surface area contributed by atoms with Gasteiger partial charge in [-0.25, -0.2) is 9.78 Å². The maximum atomic E-state index is 11.5. The number of urea groups is 1. The lowest BCUT2D eigenvalue weighted by Gasteiger charge is -2.10. The molecule has 0 aliphatic rings. The van der Waals surface area contributed by atoms with E-state index in [0.29, 0.717) is 12.2 Å². The van der Waals surface area contributed by atoms with E-state index in [1.807, 2.05) is 38.1 Å². The van der Waals surface area contributed by atoms with Crippen molar-refractivity contribution in [3.05, 3.63) is 48.4 Å². The molecule has 0 aliphatic carbocycles. The normalized spacial score (nSPS) is 10.2. The second-order valence-electron chi connectivity index (χ2n) is 4.89. The van der Waals surface area contributed by atoms with Crippen LogP contribution in [0.25, 0.3) is 0 Å². The number of pyridine rings is 2. The van der Waals surface area contributed by atoms with Crippen molar-refractivity contribution in [2.24, 2.45) is 0 Å². The van der Waals surface area contributed by atoms with E-state index >= 15 is 0 Å². The Bertz CT molecular complexity index is 568. The van der Waals surface area contributed by atoms with Gasteiger partial charge in [-0.15, -0.1) is 0 Å². The average Bonchev–Trinajstić information content (AvgIpc) is 2.47. The van der Waals surface area contributed by atoms with Crippen LogP contribution in [0, 0.1) is 0 Å². The van der Waals surface area contributed by atoms with Crippen LogP contribution in [0.4, 0.5) is 16.3 Å². The van der Waals surface area contributed by atoms with Crippen molar-refractivity contribution in [2.75, 3.05) is 10.6 Å². The van der Waals surface area contributed by atoms with E-state index in [4.69, 9.17) is 0 Å². The molecule has 0 radical (unpaired) electrons. The van der Waals surface area contributed by atoms with Crippen molar-refractivity contribution in [3.8, 4) is 0 Å². The third-order valence-corrected chi connectivity index (χ3v) is 2.66. The Morgan fingerprint density at radius 2 is 1.95 bits per heavy atom. The van der Waals surface area contributed by atoms with Crippen molar-refractivity contribution < 1.29 is 4.79 Å². The zero-order chi connectivity index (χ0) is 15.1. The predicted octanol–water partition coefficient (Wildman–Crippen LogP) is 2.62. The van der Waals surface area contributed by atoms with Gasteiger partial charge in [-0.3, -0.25) is 4.98 Å². The molecule has 0 atom stereocenters. The van der Waals surface area contributed by atoms with Gasteiger partial charge in [0, 0.05) is 25.0 Å². The van der Waals surface area contributed by atoms with Gasteiger partial charge in [-0.1, -0.05) is 0 Å². The van der Waals surface area contributed by atoms with Crippen LogP contribution in [0.2, 0.25) is 0 Å². The SMILES string of the molecule is CC(C)NC(=O)Nc1ccc(NCc2ccncc2)nc1. The molecule has 110 valence electrons. The van der Waals surface area contributed by atoms with Crippen molar-refractivity contribution >= 4 is 17.5 Å². The topological polar surface area (TPSA) is 78.9 Å². The Kier molecular flexibility index (Phi) is 5.09. The summed E-state index contributed by atoms with van der Waals surface area (Å²) in [4.78, 5) is 19.8. The molecule has 6 nitrogen and oxygen atoms in total. The van der Waals surface area contributed by atoms with E-state index in [9.17, 15) is 4.79 Å². The quantitative estimate of drug-likeness (QED) is 0.789. The standard InChI is InChI=1S/C15H19N5O/c1-11(2)19-15(21)20-13-3-4-14(18-10-13)17-9-12-5-7-16-8-6-12/h3-8,10-11H,9H2,1-2H3,(H,17,18)(H2,19,20,21). The number of hydrogen-bond donors (Lipinski definition) is 3. The van der Waals surface area contributed by atoms with Crippen LogP contribution in [0.3, 0.4) is 0 Å². The van der Waals surface area contributed by atoms with Gasteiger partial charge in [0.2, 0.25) is 0 Å². The zero-order valence-electron chi connectivity index (χ0n) is 12.1. The zero-order valence-corrected chi connectivity index (χ0v) is 12.1. The summed E-state index contributed by atoms with van der Waals surface area (Å²) in [5, 5.41) is 8.69. The van der Waals surface area contributed by atoms with Gasteiger partial charge in [0.05, 0.1) is 11.9 Å². The molecule has 2 heterocycles. The predicted molar refractivity (Wildman–Crippen MR) is 83.1 cm³/mol. The molecule has 0 aromatic carbocycles. The molecule has 21 heavy (non-hydrogen) atoms. The van der Waals surface area contributed by atoms with Gasteiger partial charge in [-0.2, -0.15) is 0 Å². The number of aromatic nitrogens is 2. The first kappa shape index (κ1) is 14.8. The van der Waals surface area contributed by atoms with Crippen LogP contribution in [-0.4, -0.2) is 22.0 Å². The van der Waals surface area contributed by atoms with Crippen LogP contribution in [0.15, 0.2) is 42.9 Å². The fraction of sp³-hybridized carbons (Fsp3) is 0.267. The van der Waals surface area contributed by atoms with E-state index in [1.54, 1.807) is 18.6 Å². The first-order valence-corrected chi connectivity index (χ1v) is 6.80. The highest BCUT2D eigenvalue weighted by atomic mass is 16.2. The Balaban J connectivity index is 1.86. The third kappa shape index (κ3) is 5.10. The highest BCUT2D eigenvalue weighted by Crippen LogP contribution is 2.10. The Labute approximate surface area is 124 Å². The molecular formula is C15H19N5O. The molecule has 6 heteroatoms. The lowest BCUT2D eigenvalue weighted by molar-refractivity contribution is 0.250. The summed E-state index contributed by atoms with van der Waals surface area (Å²) in [6, 6.07) is 7.38. The van der Waals surface area contributed by atoms with Gasteiger partial charge in [0.1, 0.15) is 5.82 Å². The summed E-state index contributed by atoms with van der Waals surface area (Å²) in [6.45, 7) is 4.49. The number of nitrogens with zero attached hydrogens (tertiary/aromatic N) is 2. The molecule has 0 saturated carbocycles. The highest BCUT2D eigenvalue weighted by molar-refractivity contribution is 5.89. The molecule has 0 aliphatic heterocycles. The Morgan fingerprint density at radius 3 is 2.57 bits per heavy atom. The summed E-state index contributed by atoms with van der Waals surface area (Å²) in [6.07, 6.45) is 5.13. The molecule has 2 aromatic rings. The summed E-state index contributed by atoms with van der Waals surface area (Å²) >= 11 is 0. The lowest BCUT2D eigenvalue weighted by atomic mass is 10.3. The Hall–Kier alpha value is -2.63. The van der Waals surface area contributed by atoms with E-state index in [0.717, 1.165) is 11.4 Å². The molecule has 2 aromatic heterocycles. The van der Waals surface area contributed by atoms with Gasteiger partial charge in [0.15, 0.2) is 0 Å². The molecule has 0 bridgehead atoms. The smallest absolute Gasteiger partial charge is 0.319 e. The largest absolute Gasteiger partial charge is 0.366 e. The molecule has 0 unspecified atom stereocenters. The van der Waals surface area contributed by atoms with E-state index in [-0.39, 0.29) is 12.1 Å². The minimum Gasteiger partial charge on any atom is -0.366 e. The van der Waals surface area contributed by atoms with Crippen molar-refractivity contribution in [1.82, 2.24) is 15.3 Å². The number of hydrogen-bond acceptors (Lipinski definition) is 4. The monoisotopic (exact) mass is 285 g/mol. The lowest BCUT2D eigenvalue weighted by Crippen LogP contribution is -2.34. The van der Waals surface area contributed by atoms with E-state index in [2.05, 4.69) is 25.9 Å². The average molecular weight is 285 g/mol. The van der Waals surface area contributed by atoms with Gasteiger partial charge in [0.25, 0.3) is 0 Å². The Morgan fingerprint density at radius 1 is 1.19 bits per heavy atom. The van der Waals surface area contributed by atoms with Crippen molar-refractivity contribution in [1.29, 1.82) is 0 Å². The van der Waals surface area contributed by atoms with Crippen LogP contribution >= 0.6 is 0 Å². The molecule has 3 N–H and O–H groups in total. The van der Waals surface area contributed by atoms with Crippen molar-refractivity contribution in [2.45, 2.75) is 26.4 Å². The van der Waals surface area contributed by atoms with E-state index in [1.165, 1.54) is 0 Å². The molecule has 0 fully saturated rings. The van der Waals surface area contributed by atoms with Gasteiger partial charge >= 0.3 is 6.03 Å². The van der Waals surface area contributed by atoms with Gasteiger partial charge < -0.3 is 16.0 Å². The van der Waals surface area contributed by atoms with Crippen LogP contribution in [0.1, 0.15) is 19.4 Å². The molecule has 2 amide bonds. The number of carbonyl (C=O) groups excluding carboxylic acids is 1. The first-order chi connectivity index (χ1) is 10.1. The fourth-order valence-electron chi connectivity index (χ4n) is 1.70. The van der Waals surface area contributed by atoms with Gasteiger partial charge in [-0.05, 0) is 43.7 Å². The second kappa shape index (κ2) is 7.23. The summed E-state index contributed by atoms with van der Waals surface area (Å²) in [7, 11) is 0. The van der Waals surface area contributed by atoms with Crippen molar-refractivity contribution in [3.63, 3.8) is 0 Å². The van der Waals surface area contributed by atoms with E-state index < -0.39 is 0 Å². The number of amides is 2. The van der Waals surface area contributed by atoms with Crippen LogP contribution < -0.4 is 16.0 Å².